The molecular formula is C12H16ClN3O. The molecule has 4 N–H and O–H groups in total. The molecule has 0 aliphatic carbocycles. The summed E-state index contributed by atoms with van der Waals surface area (Å²) >= 11 is 5.55. The fourth-order valence-electron chi connectivity index (χ4n) is 1.01. The molecule has 0 fully saturated rings. The lowest BCUT2D eigenvalue weighted by atomic mass is 10.1. The number of aliphatic hydroxyl groups excluding tert-OH is 1. The Bertz CT molecular complexity index is 445. The first-order chi connectivity index (χ1) is 7.86. The van der Waals surface area contributed by atoms with Gasteiger partial charge in [0, 0.05) is 11.8 Å². The van der Waals surface area contributed by atoms with Crippen LogP contribution in [0.4, 0.5) is 0 Å². The second-order valence-corrected chi connectivity index (χ2v) is 3.68. The molecule has 0 aliphatic heterocycles. The summed E-state index contributed by atoms with van der Waals surface area (Å²) in [6.45, 7) is 10.1. The van der Waals surface area contributed by atoms with Crippen molar-refractivity contribution in [3.63, 3.8) is 0 Å². The molecular weight excluding hydrogens is 238 g/mol. The Morgan fingerprint density at radius 3 is 2.29 bits per heavy atom. The quantitative estimate of drug-likeness (QED) is 0.400. The van der Waals surface area contributed by atoms with Crippen molar-refractivity contribution in [3.8, 4) is 0 Å². The van der Waals surface area contributed by atoms with Crippen molar-refractivity contribution in [1.82, 2.24) is 0 Å². The smallest absolute Gasteiger partial charge is 0.147 e. The lowest BCUT2D eigenvalue weighted by molar-refractivity contribution is 0.419. The standard InChI is InChI=1S/C12H16ClN3O/c1-5-9(6-16-4)11(17)10(14)7(2)8(3)12(13)15/h5-6,15,17H,1,4,14H2,2-3H3/b8-7-,9-6+,11-10+,15-12?. The molecule has 0 heterocycles. The highest BCUT2D eigenvalue weighted by atomic mass is 35.5. The van der Waals surface area contributed by atoms with Crippen LogP contribution in [0.15, 0.2) is 52.0 Å². The summed E-state index contributed by atoms with van der Waals surface area (Å²) < 4.78 is 0. The minimum atomic E-state index is -0.165. The van der Waals surface area contributed by atoms with E-state index >= 15 is 0 Å². The molecule has 0 spiro atoms. The van der Waals surface area contributed by atoms with Gasteiger partial charge >= 0.3 is 0 Å². The Balaban J connectivity index is 5.68. The zero-order valence-electron chi connectivity index (χ0n) is 9.92. The highest BCUT2D eigenvalue weighted by molar-refractivity contribution is 6.68. The first kappa shape index (κ1) is 15.2. The molecule has 0 unspecified atom stereocenters. The minimum Gasteiger partial charge on any atom is -0.505 e. The molecule has 0 aliphatic rings. The third-order valence-corrected chi connectivity index (χ3v) is 2.56. The molecule has 0 amide bonds. The largest absolute Gasteiger partial charge is 0.505 e. The number of rotatable bonds is 5. The summed E-state index contributed by atoms with van der Waals surface area (Å²) in [5, 5.41) is 17.1. The monoisotopic (exact) mass is 253 g/mol. The molecule has 5 heteroatoms. The summed E-state index contributed by atoms with van der Waals surface area (Å²) in [6.07, 6.45) is 2.75. The summed E-state index contributed by atoms with van der Waals surface area (Å²) in [7, 11) is 0. The molecule has 0 aromatic rings. The van der Waals surface area contributed by atoms with Gasteiger partial charge in [-0.25, -0.2) is 0 Å². The molecule has 0 atom stereocenters. The molecule has 0 radical (unpaired) electrons. The van der Waals surface area contributed by atoms with E-state index in [0.717, 1.165) is 0 Å². The van der Waals surface area contributed by atoms with Crippen LogP contribution in [0.2, 0.25) is 0 Å². The summed E-state index contributed by atoms with van der Waals surface area (Å²) in [5.74, 6) is -0.165. The number of allylic oxidation sites excluding steroid dienone is 3. The van der Waals surface area contributed by atoms with Gasteiger partial charge in [0.1, 0.15) is 10.9 Å². The zero-order valence-corrected chi connectivity index (χ0v) is 10.7. The van der Waals surface area contributed by atoms with E-state index in [4.69, 9.17) is 22.7 Å². The molecule has 92 valence electrons. The average molecular weight is 254 g/mol. The number of halogens is 1. The summed E-state index contributed by atoms with van der Waals surface area (Å²) in [4.78, 5) is 3.53. The van der Waals surface area contributed by atoms with Crippen molar-refractivity contribution in [2.75, 3.05) is 0 Å². The molecule has 0 aromatic carbocycles. The third-order valence-electron chi connectivity index (χ3n) is 2.27. The summed E-state index contributed by atoms with van der Waals surface area (Å²) in [5.41, 5.74) is 7.27. The van der Waals surface area contributed by atoms with E-state index in [2.05, 4.69) is 18.3 Å². The van der Waals surface area contributed by atoms with Crippen LogP contribution in [-0.2, 0) is 0 Å². The highest BCUT2D eigenvalue weighted by Gasteiger charge is 2.10. The molecule has 0 bridgehead atoms. The van der Waals surface area contributed by atoms with Crippen LogP contribution in [0.25, 0.3) is 0 Å². The van der Waals surface area contributed by atoms with Gasteiger partial charge in [-0.2, -0.15) is 0 Å². The second kappa shape index (κ2) is 6.70. The van der Waals surface area contributed by atoms with E-state index < -0.39 is 0 Å². The number of nitrogens with two attached hydrogens (primary N) is 1. The van der Waals surface area contributed by atoms with Crippen molar-refractivity contribution in [1.29, 1.82) is 5.41 Å². The first-order valence-corrected chi connectivity index (χ1v) is 5.14. The predicted molar refractivity (Wildman–Crippen MR) is 73.6 cm³/mol. The van der Waals surface area contributed by atoms with Crippen molar-refractivity contribution < 1.29 is 5.11 Å². The summed E-state index contributed by atoms with van der Waals surface area (Å²) in [6, 6.07) is 0. The molecule has 4 nitrogen and oxygen atoms in total. The number of hydrogen-bond acceptors (Lipinski definition) is 4. The molecule has 0 saturated carbocycles. The van der Waals surface area contributed by atoms with Crippen LogP contribution in [0.3, 0.4) is 0 Å². The Labute approximate surface area is 106 Å². The van der Waals surface area contributed by atoms with E-state index in [1.54, 1.807) is 13.8 Å². The molecule has 0 rings (SSSR count). The van der Waals surface area contributed by atoms with Crippen molar-refractivity contribution >= 4 is 23.5 Å². The first-order valence-electron chi connectivity index (χ1n) is 4.76. The van der Waals surface area contributed by atoms with E-state index in [0.29, 0.717) is 16.7 Å². The predicted octanol–water partition coefficient (Wildman–Crippen LogP) is 3.04. The van der Waals surface area contributed by atoms with E-state index in [1.165, 1.54) is 12.3 Å². The van der Waals surface area contributed by atoms with Gasteiger partial charge in [0.25, 0.3) is 0 Å². The Morgan fingerprint density at radius 2 is 1.94 bits per heavy atom. The molecule has 0 saturated heterocycles. The number of nitrogens with zero attached hydrogens (tertiary/aromatic N) is 1. The van der Waals surface area contributed by atoms with E-state index in [-0.39, 0.29) is 16.6 Å². The highest BCUT2D eigenvalue weighted by Crippen LogP contribution is 2.19. The maximum atomic E-state index is 9.89. The third kappa shape index (κ3) is 3.92. The lowest BCUT2D eigenvalue weighted by Gasteiger charge is -2.09. The van der Waals surface area contributed by atoms with E-state index in [1.807, 2.05) is 0 Å². The Kier molecular flexibility index (Phi) is 5.99. The zero-order chi connectivity index (χ0) is 13.6. The molecule has 17 heavy (non-hydrogen) atoms. The topological polar surface area (TPSA) is 82.5 Å². The van der Waals surface area contributed by atoms with Gasteiger partial charge in [-0.15, -0.1) is 0 Å². The fourth-order valence-corrected chi connectivity index (χ4v) is 1.15. The lowest BCUT2D eigenvalue weighted by Crippen LogP contribution is -2.08. The number of aliphatic imine (C=N–C) groups is 1. The van der Waals surface area contributed by atoms with E-state index in [9.17, 15) is 5.11 Å². The minimum absolute atomic E-state index is 0.121. The number of nitrogens with one attached hydrogen (secondary N) is 1. The number of hydrogen-bond donors (Lipinski definition) is 3. The van der Waals surface area contributed by atoms with Gasteiger partial charge in [-0.05, 0) is 31.7 Å². The van der Waals surface area contributed by atoms with Gasteiger partial charge in [0.2, 0.25) is 0 Å². The second-order valence-electron chi connectivity index (χ2n) is 3.30. The maximum absolute atomic E-state index is 9.89. The van der Waals surface area contributed by atoms with Crippen LogP contribution in [0.1, 0.15) is 13.8 Å². The van der Waals surface area contributed by atoms with Gasteiger partial charge < -0.3 is 10.8 Å². The Morgan fingerprint density at radius 1 is 1.41 bits per heavy atom. The van der Waals surface area contributed by atoms with Crippen LogP contribution in [0.5, 0.6) is 0 Å². The van der Waals surface area contributed by atoms with Crippen LogP contribution < -0.4 is 5.73 Å². The maximum Gasteiger partial charge on any atom is 0.147 e. The fraction of sp³-hybridized carbons (Fsp3) is 0.167. The number of aliphatic hydroxyl groups is 1. The Hall–Kier alpha value is -1.81. The van der Waals surface area contributed by atoms with Gasteiger partial charge in [0.15, 0.2) is 0 Å². The van der Waals surface area contributed by atoms with Gasteiger partial charge in [-0.3, -0.25) is 10.4 Å². The SMILES string of the molecule is C=CC(=C\N=C)/C(O)=C(N)/C(C)=C(/C)C(=N)Cl. The van der Waals surface area contributed by atoms with Crippen LogP contribution >= 0.6 is 11.6 Å². The van der Waals surface area contributed by atoms with Crippen LogP contribution in [0, 0.1) is 5.41 Å². The molecule has 0 aromatic heterocycles. The van der Waals surface area contributed by atoms with Gasteiger partial charge in [-0.1, -0.05) is 24.3 Å². The van der Waals surface area contributed by atoms with Crippen molar-refractivity contribution in [2.24, 2.45) is 10.7 Å². The van der Waals surface area contributed by atoms with Crippen LogP contribution in [-0.4, -0.2) is 17.0 Å². The van der Waals surface area contributed by atoms with Gasteiger partial charge in [0.05, 0.1) is 5.70 Å². The normalized spacial score (nSPS) is 14.6. The van der Waals surface area contributed by atoms with Crippen molar-refractivity contribution in [2.45, 2.75) is 13.8 Å². The van der Waals surface area contributed by atoms with Crippen molar-refractivity contribution in [3.05, 3.63) is 47.0 Å². The average Bonchev–Trinajstić information content (AvgIpc) is 2.32.